The minimum Gasteiger partial charge on any atom is -0.489 e. The monoisotopic (exact) mass is 470 g/mol. The zero-order valence-corrected chi connectivity index (χ0v) is 19.7. The van der Waals surface area contributed by atoms with E-state index in [-0.39, 0.29) is 6.03 Å². The smallest absolute Gasteiger partial charge is 0.323 e. The molecule has 180 valence electrons. The number of benzene rings is 3. The molecule has 4 aromatic rings. The summed E-state index contributed by atoms with van der Waals surface area (Å²) in [5.41, 5.74) is 3.68. The molecule has 0 unspecified atom stereocenters. The van der Waals surface area contributed by atoms with Crippen LogP contribution in [0.15, 0.2) is 85.1 Å². The first kappa shape index (κ1) is 23.0. The molecule has 2 N–H and O–H groups in total. The van der Waals surface area contributed by atoms with Gasteiger partial charge in [-0.2, -0.15) is 0 Å². The summed E-state index contributed by atoms with van der Waals surface area (Å²) in [4.78, 5) is 15.0. The van der Waals surface area contributed by atoms with Gasteiger partial charge in [-0.15, -0.1) is 0 Å². The van der Waals surface area contributed by atoms with Crippen LogP contribution in [0.5, 0.6) is 5.75 Å². The van der Waals surface area contributed by atoms with Gasteiger partial charge in [0.25, 0.3) is 0 Å². The lowest BCUT2D eigenvalue weighted by Gasteiger charge is -2.26. The number of aromatic nitrogens is 1. The Morgan fingerprint density at radius 1 is 0.857 bits per heavy atom. The minimum atomic E-state index is -0.274. The molecule has 2 heterocycles. The third kappa shape index (κ3) is 6.20. The fraction of sp³-hybridized carbons (Fsp3) is 0.250. The van der Waals surface area contributed by atoms with Gasteiger partial charge < -0.3 is 24.7 Å². The van der Waals surface area contributed by atoms with Crippen molar-refractivity contribution >= 4 is 28.3 Å². The van der Waals surface area contributed by atoms with Gasteiger partial charge in [-0.05, 0) is 54.1 Å². The Labute approximate surface area is 205 Å². The van der Waals surface area contributed by atoms with Crippen molar-refractivity contribution in [3.8, 4) is 5.75 Å². The van der Waals surface area contributed by atoms with Crippen molar-refractivity contribution in [1.29, 1.82) is 0 Å². The Kier molecular flexibility index (Phi) is 7.27. The van der Waals surface area contributed by atoms with E-state index in [1.165, 1.54) is 0 Å². The van der Waals surface area contributed by atoms with E-state index < -0.39 is 0 Å². The number of rotatable bonds is 8. The molecule has 3 aromatic carbocycles. The maximum absolute atomic E-state index is 12.5. The number of anilines is 2. The maximum Gasteiger partial charge on any atom is 0.323 e. The Hall–Kier alpha value is -3.81. The van der Waals surface area contributed by atoms with Crippen LogP contribution in [-0.4, -0.2) is 48.3 Å². The number of carbonyl (C=O) groups excluding carboxylic acids is 1. The Balaban J connectivity index is 1.13. The first-order valence-electron chi connectivity index (χ1n) is 12.0. The molecule has 0 spiro atoms. The van der Waals surface area contributed by atoms with Crippen LogP contribution in [0.3, 0.4) is 0 Å². The number of carbonyl (C=O) groups is 1. The van der Waals surface area contributed by atoms with Crippen LogP contribution < -0.4 is 15.4 Å². The fourth-order valence-electron chi connectivity index (χ4n) is 4.21. The van der Waals surface area contributed by atoms with Crippen LogP contribution in [-0.2, 0) is 17.9 Å². The van der Waals surface area contributed by atoms with Gasteiger partial charge in [-0.3, -0.25) is 4.90 Å². The molecular weight excluding hydrogens is 440 g/mol. The number of nitrogens with zero attached hydrogens (tertiary/aromatic N) is 2. The van der Waals surface area contributed by atoms with Crippen LogP contribution in [0.1, 0.15) is 5.56 Å². The Bertz CT molecular complexity index is 1250. The topological polar surface area (TPSA) is 67.8 Å². The standard InChI is InChI=1S/C28H30N4O3/c33-28(29-24-8-6-22(7-9-24)21-35-26-4-2-1-3-5-26)30-25-10-11-27-23(20-25)12-13-32(27)15-14-31-16-18-34-19-17-31/h1-13,20H,14-19,21H2,(H2,29,30,33). The van der Waals surface area contributed by atoms with Gasteiger partial charge in [0.05, 0.1) is 13.2 Å². The molecule has 0 saturated carbocycles. The highest BCUT2D eigenvalue weighted by Gasteiger charge is 2.11. The number of urea groups is 1. The van der Waals surface area contributed by atoms with Gasteiger partial charge in [0.15, 0.2) is 0 Å². The SMILES string of the molecule is O=C(Nc1ccc(COc2ccccc2)cc1)Nc1ccc2c(ccn2CCN2CCOCC2)c1. The Morgan fingerprint density at radius 3 is 2.40 bits per heavy atom. The van der Waals surface area contributed by atoms with Gasteiger partial charge in [0.2, 0.25) is 0 Å². The number of fused-ring (bicyclic) bond motifs is 1. The predicted octanol–water partition coefficient (Wildman–Crippen LogP) is 5.20. The molecule has 1 aliphatic rings. The molecule has 35 heavy (non-hydrogen) atoms. The van der Waals surface area contributed by atoms with Crippen molar-refractivity contribution in [3.63, 3.8) is 0 Å². The van der Waals surface area contributed by atoms with E-state index in [0.29, 0.717) is 6.61 Å². The van der Waals surface area contributed by atoms with Crippen molar-refractivity contribution in [1.82, 2.24) is 9.47 Å². The lowest BCUT2D eigenvalue weighted by atomic mass is 10.2. The molecule has 5 rings (SSSR count). The normalized spacial score (nSPS) is 14.1. The molecule has 1 saturated heterocycles. The summed E-state index contributed by atoms with van der Waals surface area (Å²) in [5, 5.41) is 6.92. The van der Waals surface area contributed by atoms with Crippen molar-refractivity contribution < 1.29 is 14.3 Å². The van der Waals surface area contributed by atoms with Gasteiger partial charge in [0, 0.05) is 54.7 Å². The van der Waals surface area contributed by atoms with Crippen molar-refractivity contribution in [2.24, 2.45) is 0 Å². The van der Waals surface area contributed by atoms with Crippen LogP contribution in [0.25, 0.3) is 10.9 Å². The molecule has 0 radical (unpaired) electrons. The van der Waals surface area contributed by atoms with Gasteiger partial charge >= 0.3 is 6.03 Å². The molecular formula is C28H30N4O3. The predicted molar refractivity (Wildman–Crippen MR) is 139 cm³/mol. The second kappa shape index (κ2) is 11.1. The van der Waals surface area contributed by atoms with E-state index in [1.807, 2.05) is 66.7 Å². The largest absolute Gasteiger partial charge is 0.489 e. The minimum absolute atomic E-state index is 0.274. The number of amides is 2. The van der Waals surface area contributed by atoms with E-state index in [4.69, 9.17) is 9.47 Å². The molecule has 0 aliphatic carbocycles. The second-order valence-corrected chi connectivity index (χ2v) is 8.61. The number of ether oxygens (including phenoxy) is 2. The number of hydrogen-bond donors (Lipinski definition) is 2. The number of nitrogens with one attached hydrogen (secondary N) is 2. The average molecular weight is 471 g/mol. The number of morpholine rings is 1. The number of para-hydroxylation sites is 1. The van der Waals surface area contributed by atoms with Crippen LogP contribution in [0.4, 0.5) is 16.2 Å². The van der Waals surface area contributed by atoms with Crippen LogP contribution >= 0.6 is 0 Å². The van der Waals surface area contributed by atoms with E-state index in [1.54, 1.807) is 0 Å². The highest BCUT2D eigenvalue weighted by atomic mass is 16.5. The molecule has 1 aliphatic heterocycles. The van der Waals surface area contributed by atoms with Crippen molar-refractivity contribution in [2.75, 3.05) is 43.5 Å². The van der Waals surface area contributed by atoms with E-state index in [2.05, 4.69) is 38.4 Å². The van der Waals surface area contributed by atoms with Crippen LogP contribution in [0, 0.1) is 0 Å². The fourth-order valence-corrected chi connectivity index (χ4v) is 4.21. The van der Waals surface area contributed by atoms with E-state index in [0.717, 1.165) is 73.0 Å². The first-order valence-corrected chi connectivity index (χ1v) is 12.0. The van der Waals surface area contributed by atoms with Crippen LogP contribution in [0.2, 0.25) is 0 Å². The highest BCUT2D eigenvalue weighted by molar-refractivity contribution is 6.01. The first-order chi connectivity index (χ1) is 17.2. The molecule has 0 bridgehead atoms. The van der Waals surface area contributed by atoms with Gasteiger partial charge in [-0.1, -0.05) is 30.3 Å². The molecule has 0 atom stereocenters. The van der Waals surface area contributed by atoms with E-state index in [9.17, 15) is 4.79 Å². The second-order valence-electron chi connectivity index (χ2n) is 8.61. The summed E-state index contributed by atoms with van der Waals surface area (Å²) < 4.78 is 13.5. The quantitative estimate of drug-likeness (QED) is 0.372. The molecule has 2 amide bonds. The third-order valence-corrected chi connectivity index (χ3v) is 6.15. The maximum atomic E-state index is 12.5. The lowest BCUT2D eigenvalue weighted by molar-refractivity contribution is 0.0365. The molecule has 1 fully saturated rings. The molecule has 7 heteroatoms. The average Bonchev–Trinajstić information content (AvgIpc) is 3.30. The van der Waals surface area contributed by atoms with Gasteiger partial charge in [-0.25, -0.2) is 4.79 Å². The van der Waals surface area contributed by atoms with Crippen molar-refractivity contribution in [3.05, 3.63) is 90.6 Å². The highest BCUT2D eigenvalue weighted by Crippen LogP contribution is 2.21. The third-order valence-electron chi connectivity index (χ3n) is 6.15. The molecule has 7 nitrogen and oxygen atoms in total. The summed E-state index contributed by atoms with van der Waals surface area (Å²) in [5.74, 6) is 0.832. The van der Waals surface area contributed by atoms with Crippen molar-refractivity contribution in [2.45, 2.75) is 13.2 Å². The summed E-state index contributed by atoms with van der Waals surface area (Å²) in [6, 6.07) is 25.2. The summed E-state index contributed by atoms with van der Waals surface area (Å²) in [7, 11) is 0. The summed E-state index contributed by atoms with van der Waals surface area (Å²) >= 11 is 0. The summed E-state index contributed by atoms with van der Waals surface area (Å²) in [6.07, 6.45) is 2.11. The van der Waals surface area contributed by atoms with Gasteiger partial charge in [0.1, 0.15) is 12.4 Å². The molecule has 1 aromatic heterocycles. The van der Waals surface area contributed by atoms with E-state index >= 15 is 0 Å². The lowest BCUT2D eigenvalue weighted by Crippen LogP contribution is -2.38. The zero-order chi connectivity index (χ0) is 23.9. The summed E-state index contributed by atoms with van der Waals surface area (Å²) in [6.45, 7) is 6.03. The zero-order valence-electron chi connectivity index (χ0n) is 19.7. The number of hydrogen-bond acceptors (Lipinski definition) is 4. The Morgan fingerprint density at radius 2 is 1.60 bits per heavy atom.